The third-order valence-corrected chi connectivity index (χ3v) is 2.87. The van der Waals surface area contributed by atoms with Crippen molar-refractivity contribution in [3.05, 3.63) is 66.0 Å². The predicted molar refractivity (Wildman–Crippen MR) is 76.1 cm³/mol. The van der Waals surface area contributed by atoms with Crippen molar-refractivity contribution in [3.8, 4) is 5.75 Å². The number of hydrogen-bond donors (Lipinski definition) is 1. The highest BCUT2D eigenvalue weighted by atomic mass is 19.1. The van der Waals surface area contributed by atoms with E-state index in [1.54, 1.807) is 12.1 Å². The van der Waals surface area contributed by atoms with Gasteiger partial charge < -0.3 is 15.2 Å². The highest BCUT2D eigenvalue weighted by molar-refractivity contribution is 5.21. The first kappa shape index (κ1) is 14.5. The summed E-state index contributed by atoms with van der Waals surface area (Å²) in [7, 11) is 0. The predicted octanol–water partition coefficient (Wildman–Crippen LogP) is 2.92. The molecular weight excluding hydrogens is 257 g/mol. The monoisotopic (exact) mass is 275 g/mol. The van der Waals surface area contributed by atoms with Gasteiger partial charge in [0.25, 0.3) is 0 Å². The van der Waals surface area contributed by atoms with E-state index in [1.165, 1.54) is 12.1 Å². The third-order valence-electron chi connectivity index (χ3n) is 2.87. The maximum Gasteiger partial charge on any atom is 0.123 e. The Kier molecular flexibility index (Phi) is 5.53. The summed E-state index contributed by atoms with van der Waals surface area (Å²) >= 11 is 0. The van der Waals surface area contributed by atoms with Crippen LogP contribution in [0, 0.1) is 5.82 Å². The summed E-state index contributed by atoms with van der Waals surface area (Å²) in [6.45, 7) is 1.22. The SMILES string of the molecule is NCC(OCCOc1ccccc1)c1ccc(F)cc1. The zero-order valence-electron chi connectivity index (χ0n) is 11.2. The lowest BCUT2D eigenvalue weighted by atomic mass is 10.1. The van der Waals surface area contributed by atoms with Crippen molar-refractivity contribution in [1.29, 1.82) is 0 Å². The van der Waals surface area contributed by atoms with Gasteiger partial charge in [0.2, 0.25) is 0 Å². The van der Waals surface area contributed by atoms with Crippen LogP contribution in [-0.4, -0.2) is 19.8 Å². The zero-order valence-corrected chi connectivity index (χ0v) is 11.2. The molecule has 2 aromatic carbocycles. The molecule has 0 aliphatic heterocycles. The number of benzene rings is 2. The molecular formula is C16H18FNO2. The molecule has 0 radical (unpaired) electrons. The second-order valence-electron chi connectivity index (χ2n) is 4.31. The minimum absolute atomic E-state index is 0.241. The van der Waals surface area contributed by atoms with E-state index in [0.29, 0.717) is 19.8 Å². The van der Waals surface area contributed by atoms with Crippen molar-refractivity contribution in [2.75, 3.05) is 19.8 Å². The second-order valence-corrected chi connectivity index (χ2v) is 4.31. The van der Waals surface area contributed by atoms with Crippen LogP contribution in [0.4, 0.5) is 4.39 Å². The molecule has 2 rings (SSSR count). The number of ether oxygens (including phenoxy) is 2. The molecule has 20 heavy (non-hydrogen) atoms. The van der Waals surface area contributed by atoms with Crippen LogP contribution in [0.3, 0.4) is 0 Å². The Balaban J connectivity index is 1.78. The summed E-state index contributed by atoms with van der Waals surface area (Å²) in [5.41, 5.74) is 6.55. The normalized spacial score (nSPS) is 12.1. The van der Waals surface area contributed by atoms with E-state index in [0.717, 1.165) is 11.3 Å². The molecule has 0 aliphatic carbocycles. The van der Waals surface area contributed by atoms with Gasteiger partial charge in [-0.3, -0.25) is 0 Å². The average Bonchev–Trinajstić information content (AvgIpc) is 2.50. The molecule has 0 fully saturated rings. The van der Waals surface area contributed by atoms with E-state index in [2.05, 4.69) is 0 Å². The molecule has 2 aromatic rings. The summed E-state index contributed by atoms with van der Waals surface area (Å²) in [5.74, 6) is 0.541. The standard InChI is InChI=1S/C16H18FNO2/c17-14-8-6-13(7-9-14)16(12-18)20-11-10-19-15-4-2-1-3-5-15/h1-9,16H,10-12,18H2. The molecule has 1 unspecified atom stereocenters. The summed E-state index contributed by atoms with van der Waals surface area (Å²) in [4.78, 5) is 0. The fourth-order valence-corrected chi connectivity index (χ4v) is 1.84. The Hall–Kier alpha value is -1.91. The van der Waals surface area contributed by atoms with Crippen LogP contribution < -0.4 is 10.5 Å². The molecule has 106 valence electrons. The lowest BCUT2D eigenvalue weighted by Crippen LogP contribution is -2.18. The Morgan fingerprint density at radius 3 is 2.30 bits per heavy atom. The molecule has 4 heteroatoms. The Bertz CT molecular complexity index is 502. The van der Waals surface area contributed by atoms with Gasteiger partial charge in [0.15, 0.2) is 0 Å². The van der Waals surface area contributed by atoms with Gasteiger partial charge in [0, 0.05) is 6.54 Å². The van der Waals surface area contributed by atoms with E-state index >= 15 is 0 Å². The summed E-state index contributed by atoms with van der Waals surface area (Å²) in [6, 6.07) is 15.7. The van der Waals surface area contributed by atoms with E-state index in [1.807, 2.05) is 30.3 Å². The number of nitrogens with two attached hydrogens (primary N) is 1. The smallest absolute Gasteiger partial charge is 0.123 e. The Labute approximate surface area is 118 Å². The molecule has 1 atom stereocenters. The minimum Gasteiger partial charge on any atom is -0.491 e. The van der Waals surface area contributed by atoms with Gasteiger partial charge in [0.05, 0.1) is 12.7 Å². The zero-order chi connectivity index (χ0) is 14.2. The largest absolute Gasteiger partial charge is 0.491 e. The number of para-hydroxylation sites is 1. The quantitative estimate of drug-likeness (QED) is 0.790. The Morgan fingerprint density at radius 1 is 0.950 bits per heavy atom. The first-order chi connectivity index (χ1) is 9.79. The first-order valence-electron chi connectivity index (χ1n) is 6.54. The van der Waals surface area contributed by atoms with Gasteiger partial charge >= 0.3 is 0 Å². The average molecular weight is 275 g/mol. The van der Waals surface area contributed by atoms with E-state index in [9.17, 15) is 4.39 Å². The number of rotatable bonds is 7. The molecule has 0 aromatic heterocycles. The van der Waals surface area contributed by atoms with Gasteiger partial charge in [-0.25, -0.2) is 4.39 Å². The highest BCUT2D eigenvalue weighted by Crippen LogP contribution is 2.16. The third kappa shape index (κ3) is 4.33. The lowest BCUT2D eigenvalue weighted by molar-refractivity contribution is 0.0380. The van der Waals surface area contributed by atoms with Crippen LogP contribution in [0.1, 0.15) is 11.7 Å². The van der Waals surface area contributed by atoms with E-state index in [4.69, 9.17) is 15.2 Å². The summed E-state index contributed by atoms with van der Waals surface area (Å²) in [6.07, 6.45) is -0.241. The van der Waals surface area contributed by atoms with Gasteiger partial charge in [-0.05, 0) is 29.8 Å². The Morgan fingerprint density at radius 2 is 1.65 bits per heavy atom. The van der Waals surface area contributed by atoms with Crippen molar-refractivity contribution < 1.29 is 13.9 Å². The van der Waals surface area contributed by atoms with Crippen LogP contribution in [0.5, 0.6) is 5.75 Å². The van der Waals surface area contributed by atoms with Gasteiger partial charge in [-0.1, -0.05) is 30.3 Å². The molecule has 0 saturated heterocycles. The molecule has 2 N–H and O–H groups in total. The molecule has 0 saturated carbocycles. The van der Waals surface area contributed by atoms with Gasteiger partial charge in [-0.15, -0.1) is 0 Å². The summed E-state index contributed by atoms with van der Waals surface area (Å²) < 4.78 is 24.1. The van der Waals surface area contributed by atoms with Crippen LogP contribution >= 0.6 is 0 Å². The molecule has 3 nitrogen and oxygen atoms in total. The van der Waals surface area contributed by atoms with Crippen molar-refractivity contribution in [2.45, 2.75) is 6.10 Å². The topological polar surface area (TPSA) is 44.5 Å². The van der Waals surface area contributed by atoms with E-state index < -0.39 is 0 Å². The molecule has 0 heterocycles. The van der Waals surface area contributed by atoms with Crippen LogP contribution in [0.15, 0.2) is 54.6 Å². The minimum atomic E-state index is -0.267. The lowest BCUT2D eigenvalue weighted by Gasteiger charge is -2.16. The van der Waals surface area contributed by atoms with Crippen LogP contribution in [0.25, 0.3) is 0 Å². The molecule has 0 spiro atoms. The van der Waals surface area contributed by atoms with E-state index in [-0.39, 0.29) is 11.9 Å². The molecule has 0 aliphatic rings. The maximum atomic E-state index is 12.9. The first-order valence-corrected chi connectivity index (χ1v) is 6.54. The molecule has 0 bridgehead atoms. The van der Waals surface area contributed by atoms with Crippen molar-refractivity contribution >= 4 is 0 Å². The van der Waals surface area contributed by atoms with Gasteiger partial charge in [-0.2, -0.15) is 0 Å². The van der Waals surface area contributed by atoms with Crippen molar-refractivity contribution in [2.24, 2.45) is 5.73 Å². The van der Waals surface area contributed by atoms with Crippen molar-refractivity contribution in [1.82, 2.24) is 0 Å². The van der Waals surface area contributed by atoms with Crippen LogP contribution in [-0.2, 0) is 4.74 Å². The summed E-state index contributed by atoms with van der Waals surface area (Å²) in [5, 5.41) is 0. The fraction of sp³-hybridized carbons (Fsp3) is 0.250. The highest BCUT2D eigenvalue weighted by Gasteiger charge is 2.09. The van der Waals surface area contributed by atoms with Crippen LogP contribution in [0.2, 0.25) is 0 Å². The van der Waals surface area contributed by atoms with Crippen molar-refractivity contribution in [3.63, 3.8) is 0 Å². The number of hydrogen-bond acceptors (Lipinski definition) is 3. The van der Waals surface area contributed by atoms with Gasteiger partial charge in [0.1, 0.15) is 18.2 Å². The fourth-order valence-electron chi connectivity index (χ4n) is 1.84. The second kappa shape index (κ2) is 7.62. The maximum absolute atomic E-state index is 12.9. The molecule has 0 amide bonds. The number of halogens is 1.